The summed E-state index contributed by atoms with van der Waals surface area (Å²) in [7, 11) is 4.09. The van der Waals surface area contributed by atoms with Crippen LogP contribution in [-0.2, 0) is 4.79 Å². The van der Waals surface area contributed by atoms with Gasteiger partial charge in [-0.3, -0.25) is 4.79 Å². The predicted octanol–water partition coefficient (Wildman–Crippen LogP) is 0.820. The number of rotatable bonds is 4. The molecule has 1 unspecified atom stereocenters. The van der Waals surface area contributed by atoms with Gasteiger partial charge in [-0.25, -0.2) is 4.58 Å². The van der Waals surface area contributed by atoms with Gasteiger partial charge in [-0.2, -0.15) is 5.10 Å². The SMILES string of the molecule is CC(=O)C(=CC(Cl)=NN)C=[N+](C)C1CCCN(C)C1. The second kappa shape index (κ2) is 7.40. The fourth-order valence-electron chi connectivity index (χ4n) is 2.19. The average molecular weight is 286 g/mol. The van der Waals surface area contributed by atoms with Gasteiger partial charge in [0.1, 0.15) is 12.2 Å². The molecule has 106 valence electrons. The first-order valence-corrected chi connectivity index (χ1v) is 6.73. The topological polar surface area (TPSA) is 61.7 Å². The Morgan fingerprint density at radius 1 is 1.58 bits per heavy atom. The highest BCUT2D eigenvalue weighted by atomic mass is 35.5. The Labute approximate surface area is 119 Å². The predicted molar refractivity (Wildman–Crippen MR) is 79.0 cm³/mol. The van der Waals surface area contributed by atoms with Crippen LogP contribution in [0.5, 0.6) is 0 Å². The molecule has 1 saturated heterocycles. The normalized spacial score (nSPS) is 23.6. The lowest BCUT2D eigenvalue weighted by Crippen LogP contribution is -2.41. The summed E-state index contributed by atoms with van der Waals surface area (Å²) in [5.41, 5.74) is 0.509. The molecule has 0 radical (unpaired) electrons. The van der Waals surface area contributed by atoms with Crippen LogP contribution in [0, 0.1) is 0 Å². The van der Waals surface area contributed by atoms with E-state index in [0.29, 0.717) is 11.6 Å². The summed E-state index contributed by atoms with van der Waals surface area (Å²) >= 11 is 5.75. The highest BCUT2D eigenvalue weighted by Gasteiger charge is 2.24. The molecule has 0 aromatic carbocycles. The second-order valence-corrected chi connectivity index (χ2v) is 5.35. The number of likely N-dealkylation sites (tertiary alicyclic amines) is 1. The lowest BCUT2D eigenvalue weighted by atomic mass is 10.1. The minimum Gasteiger partial charge on any atom is -0.322 e. The summed E-state index contributed by atoms with van der Waals surface area (Å²) in [6.45, 7) is 3.63. The molecular formula is C13H22ClN4O+. The Hall–Kier alpha value is -1.20. The van der Waals surface area contributed by atoms with Crippen LogP contribution in [0.4, 0.5) is 0 Å². The van der Waals surface area contributed by atoms with Crippen LogP contribution >= 0.6 is 11.6 Å². The number of hydrogen-bond donors (Lipinski definition) is 1. The number of hydrogen-bond acceptors (Lipinski definition) is 4. The number of hydrazone groups is 1. The van der Waals surface area contributed by atoms with Crippen LogP contribution in [0.3, 0.4) is 0 Å². The van der Waals surface area contributed by atoms with Crippen LogP contribution in [0.2, 0.25) is 0 Å². The van der Waals surface area contributed by atoms with Crippen molar-refractivity contribution in [1.29, 1.82) is 0 Å². The minimum atomic E-state index is -0.0576. The lowest BCUT2D eigenvalue weighted by Gasteiger charge is -2.26. The number of nitrogens with two attached hydrogens (primary N) is 1. The number of ketones is 1. The second-order valence-electron chi connectivity index (χ2n) is 4.96. The lowest BCUT2D eigenvalue weighted by molar-refractivity contribution is -0.537. The number of likely N-dealkylation sites (N-methyl/N-ethyl adjacent to an activating group) is 2. The number of carbonyl (C=O) groups excluding carboxylic acids is 1. The van der Waals surface area contributed by atoms with Crippen molar-refractivity contribution in [2.75, 3.05) is 27.2 Å². The standard InChI is InChI=1S/C13H21ClN4O/c1-10(19)11(7-13(14)16-15)8-18(3)12-5-4-6-17(2)9-12/h7-8,12,15H,4-6,9H2,1-3H3/p+1. The largest absolute Gasteiger partial charge is 0.322 e. The molecular weight excluding hydrogens is 264 g/mol. The van der Waals surface area contributed by atoms with Gasteiger partial charge in [0.2, 0.25) is 0 Å². The minimum absolute atomic E-state index is 0.0576. The monoisotopic (exact) mass is 285 g/mol. The molecule has 0 spiro atoms. The van der Waals surface area contributed by atoms with Gasteiger partial charge in [-0.15, -0.1) is 0 Å². The molecule has 19 heavy (non-hydrogen) atoms. The molecule has 1 heterocycles. The number of halogens is 1. The van der Waals surface area contributed by atoms with Crippen molar-refractivity contribution in [3.8, 4) is 0 Å². The van der Waals surface area contributed by atoms with Crippen LogP contribution in [0.1, 0.15) is 19.8 Å². The van der Waals surface area contributed by atoms with E-state index >= 15 is 0 Å². The van der Waals surface area contributed by atoms with Gasteiger partial charge in [-0.1, -0.05) is 11.6 Å². The highest BCUT2D eigenvalue weighted by molar-refractivity contribution is 6.68. The molecule has 6 heteroatoms. The van der Waals surface area contributed by atoms with E-state index < -0.39 is 0 Å². The van der Waals surface area contributed by atoms with Crippen LogP contribution in [0.15, 0.2) is 16.8 Å². The van der Waals surface area contributed by atoms with E-state index in [4.69, 9.17) is 17.4 Å². The summed E-state index contributed by atoms with van der Waals surface area (Å²) in [5.74, 6) is 5.02. The molecule has 0 aromatic rings. The average Bonchev–Trinajstić information content (AvgIpc) is 2.37. The first-order chi connectivity index (χ1) is 8.93. The number of Topliss-reactive ketones (excluding diaryl/α,β-unsaturated/α-hetero) is 1. The molecule has 1 aliphatic rings. The third-order valence-corrected chi connectivity index (χ3v) is 3.53. The molecule has 5 nitrogen and oxygen atoms in total. The summed E-state index contributed by atoms with van der Waals surface area (Å²) in [4.78, 5) is 13.9. The van der Waals surface area contributed by atoms with Crippen molar-refractivity contribution >= 4 is 28.8 Å². The van der Waals surface area contributed by atoms with E-state index in [0.717, 1.165) is 19.5 Å². The zero-order valence-corrected chi connectivity index (χ0v) is 12.5. The highest BCUT2D eigenvalue weighted by Crippen LogP contribution is 2.10. The molecule has 1 atom stereocenters. The van der Waals surface area contributed by atoms with Crippen LogP contribution < -0.4 is 5.84 Å². The fraction of sp³-hybridized carbons (Fsp3) is 0.615. The third-order valence-electron chi connectivity index (χ3n) is 3.32. The van der Waals surface area contributed by atoms with Crippen molar-refractivity contribution in [2.24, 2.45) is 10.9 Å². The van der Waals surface area contributed by atoms with E-state index in [1.165, 1.54) is 19.4 Å². The van der Waals surface area contributed by atoms with Crippen molar-refractivity contribution in [3.05, 3.63) is 11.6 Å². The van der Waals surface area contributed by atoms with Crippen LogP contribution in [-0.4, -0.2) is 59.9 Å². The van der Waals surface area contributed by atoms with E-state index in [1.54, 1.807) is 0 Å². The van der Waals surface area contributed by atoms with Gasteiger partial charge in [0.15, 0.2) is 18.0 Å². The molecule has 1 fully saturated rings. The first kappa shape index (κ1) is 15.9. The summed E-state index contributed by atoms with van der Waals surface area (Å²) in [5, 5.41) is 3.47. The maximum atomic E-state index is 11.6. The van der Waals surface area contributed by atoms with Gasteiger partial charge in [-0.05, 0) is 33.0 Å². The van der Waals surface area contributed by atoms with Crippen LogP contribution in [0.25, 0.3) is 0 Å². The zero-order valence-electron chi connectivity index (χ0n) is 11.8. The molecule has 1 rings (SSSR count). The Morgan fingerprint density at radius 2 is 2.26 bits per heavy atom. The third kappa shape index (κ3) is 5.12. The Balaban J connectivity index is 2.89. The van der Waals surface area contributed by atoms with E-state index in [9.17, 15) is 4.79 Å². The fourth-order valence-corrected chi connectivity index (χ4v) is 2.31. The van der Waals surface area contributed by atoms with Crippen molar-refractivity contribution < 1.29 is 9.37 Å². The van der Waals surface area contributed by atoms with Gasteiger partial charge < -0.3 is 10.7 Å². The van der Waals surface area contributed by atoms with E-state index in [1.807, 2.05) is 13.3 Å². The Bertz CT molecular complexity index is 428. The molecule has 0 saturated carbocycles. The molecule has 0 aliphatic carbocycles. The van der Waals surface area contributed by atoms with Gasteiger partial charge >= 0.3 is 0 Å². The summed E-state index contributed by atoms with van der Waals surface area (Å²) in [6.07, 6.45) is 5.61. The zero-order chi connectivity index (χ0) is 14.4. The van der Waals surface area contributed by atoms with Gasteiger partial charge in [0, 0.05) is 6.42 Å². The maximum Gasteiger partial charge on any atom is 0.174 e. The Kier molecular flexibility index (Phi) is 6.18. The number of allylic oxidation sites excluding steroid dienone is 2. The van der Waals surface area contributed by atoms with Crippen molar-refractivity contribution in [2.45, 2.75) is 25.8 Å². The van der Waals surface area contributed by atoms with E-state index in [-0.39, 0.29) is 11.0 Å². The quantitative estimate of drug-likeness (QED) is 0.273. The van der Waals surface area contributed by atoms with E-state index in [2.05, 4.69) is 21.6 Å². The Morgan fingerprint density at radius 3 is 2.79 bits per heavy atom. The number of piperidine rings is 1. The molecule has 1 aliphatic heterocycles. The number of nitrogens with zero attached hydrogens (tertiary/aromatic N) is 3. The van der Waals surface area contributed by atoms with Crippen molar-refractivity contribution in [3.63, 3.8) is 0 Å². The number of carbonyl (C=O) groups is 1. The van der Waals surface area contributed by atoms with Gasteiger partial charge in [0.25, 0.3) is 0 Å². The maximum absolute atomic E-state index is 11.6. The summed E-state index contributed by atoms with van der Waals surface area (Å²) < 4.78 is 2.07. The molecule has 0 amide bonds. The summed E-state index contributed by atoms with van der Waals surface area (Å²) in [6, 6.07) is 0.412. The molecule has 0 bridgehead atoms. The molecule has 2 N–H and O–H groups in total. The van der Waals surface area contributed by atoms with Gasteiger partial charge in [0.05, 0.1) is 12.1 Å². The molecule has 0 aromatic heterocycles. The van der Waals surface area contributed by atoms with Crippen molar-refractivity contribution in [1.82, 2.24) is 4.90 Å². The smallest absolute Gasteiger partial charge is 0.174 e. The first-order valence-electron chi connectivity index (χ1n) is 6.35.